The van der Waals surface area contributed by atoms with Crippen molar-refractivity contribution in [1.82, 2.24) is 4.98 Å². The van der Waals surface area contributed by atoms with Crippen molar-refractivity contribution in [3.8, 4) is 46.8 Å². The normalized spacial score (nSPS) is 10.1. The van der Waals surface area contributed by atoms with E-state index >= 15 is 0 Å². The summed E-state index contributed by atoms with van der Waals surface area (Å²) in [7, 11) is 0. The van der Waals surface area contributed by atoms with E-state index in [2.05, 4.69) is 56.7 Å². The van der Waals surface area contributed by atoms with Crippen LogP contribution in [0.15, 0.2) is 114 Å². The number of benzene rings is 4. The summed E-state index contributed by atoms with van der Waals surface area (Å²) in [5.74, 6) is 15.7. The summed E-state index contributed by atoms with van der Waals surface area (Å²) in [5, 5.41) is 2.23. The molecule has 0 aliphatic rings. The molecule has 0 N–H and O–H groups in total. The second-order valence-electron chi connectivity index (χ2n) is 8.43. The standard InChI is InChI=1S/C34H24BrNO2/c35-33-30-21-11-9-14-26(30)23-24-32(33)38-34-28(18-13-25-36-34)17-6-3-1-2-5-15-27-16-10-12-22-31(27)37-29-19-7-4-8-20-29/h4,7-14,16,18-25H,1-3H2. The number of para-hydroxylation sites is 2. The third-order valence-corrected chi connectivity index (χ3v) is 6.53. The van der Waals surface area contributed by atoms with Crippen LogP contribution < -0.4 is 9.47 Å². The lowest BCUT2D eigenvalue weighted by atomic mass is 10.1. The SMILES string of the molecule is Brc1c(Oc2ncccc2C#CCCCC#Cc2ccccc2Oc2ccccc2)ccc2ccccc12. The van der Waals surface area contributed by atoms with Gasteiger partial charge in [0.2, 0.25) is 5.88 Å². The summed E-state index contributed by atoms with van der Waals surface area (Å²) in [6.45, 7) is 0. The molecule has 3 nitrogen and oxygen atoms in total. The molecule has 5 rings (SSSR count). The minimum Gasteiger partial charge on any atom is -0.456 e. The van der Waals surface area contributed by atoms with Gasteiger partial charge in [-0.3, -0.25) is 0 Å². The van der Waals surface area contributed by atoms with Gasteiger partial charge < -0.3 is 9.47 Å². The van der Waals surface area contributed by atoms with Crippen LogP contribution in [0.3, 0.4) is 0 Å². The highest BCUT2D eigenvalue weighted by Crippen LogP contribution is 2.36. The first-order chi connectivity index (χ1) is 18.8. The fourth-order valence-corrected chi connectivity index (χ4v) is 4.39. The van der Waals surface area contributed by atoms with E-state index in [1.807, 2.05) is 91.0 Å². The minimum atomic E-state index is 0.491. The lowest BCUT2D eigenvalue weighted by Crippen LogP contribution is -1.92. The molecule has 0 aliphatic carbocycles. The first-order valence-electron chi connectivity index (χ1n) is 12.4. The molecule has 0 unspecified atom stereocenters. The Balaban J connectivity index is 1.19. The molecule has 0 atom stereocenters. The number of rotatable bonds is 6. The molecular formula is C34H24BrNO2. The van der Waals surface area contributed by atoms with E-state index in [-0.39, 0.29) is 0 Å². The maximum Gasteiger partial charge on any atom is 0.235 e. The Morgan fingerprint density at radius 1 is 0.632 bits per heavy atom. The molecule has 0 saturated carbocycles. The van der Waals surface area contributed by atoms with Crippen LogP contribution in [0, 0.1) is 23.7 Å². The number of nitrogens with zero attached hydrogens (tertiary/aromatic N) is 1. The third-order valence-electron chi connectivity index (χ3n) is 5.71. The predicted octanol–water partition coefficient (Wildman–Crippen LogP) is 9.16. The second-order valence-corrected chi connectivity index (χ2v) is 9.22. The van der Waals surface area contributed by atoms with Gasteiger partial charge in [0.15, 0.2) is 0 Å². The monoisotopic (exact) mass is 557 g/mol. The molecule has 0 amide bonds. The molecule has 184 valence electrons. The van der Waals surface area contributed by atoms with Crippen LogP contribution in [0.25, 0.3) is 10.8 Å². The highest BCUT2D eigenvalue weighted by Gasteiger charge is 2.10. The van der Waals surface area contributed by atoms with Crippen molar-refractivity contribution >= 4 is 26.7 Å². The molecule has 0 saturated heterocycles. The number of hydrogen-bond donors (Lipinski definition) is 0. The average Bonchev–Trinajstić information content (AvgIpc) is 2.96. The molecule has 0 aliphatic heterocycles. The van der Waals surface area contributed by atoms with Gasteiger partial charge in [-0.2, -0.15) is 0 Å². The van der Waals surface area contributed by atoms with Crippen molar-refractivity contribution < 1.29 is 9.47 Å². The molecule has 1 aromatic heterocycles. The zero-order valence-corrected chi connectivity index (χ0v) is 22.2. The minimum absolute atomic E-state index is 0.491. The zero-order valence-electron chi connectivity index (χ0n) is 20.7. The van der Waals surface area contributed by atoms with Crippen molar-refractivity contribution in [2.75, 3.05) is 0 Å². The van der Waals surface area contributed by atoms with E-state index in [0.29, 0.717) is 11.6 Å². The van der Waals surface area contributed by atoms with Crippen LogP contribution in [0.1, 0.15) is 30.4 Å². The summed E-state index contributed by atoms with van der Waals surface area (Å²) >= 11 is 3.68. The summed E-state index contributed by atoms with van der Waals surface area (Å²) in [4.78, 5) is 4.42. The van der Waals surface area contributed by atoms with Crippen molar-refractivity contribution in [3.05, 3.63) is 125 Å². The molecule has 0 fully saturated rings. The van der Waals surface area contributed by atoms with E-state index in [0.717, 1.165) is 57.1 Å². The van der Waals surface area contributed by atoms with Crippen LogP contribution in [0.4, 0.5) is 0 Å². The summed E-state index contributed by atoms with van der Waals surface area (Å²) in [5.41, 5.74) is 1.63. The number of unbranched alkanes of at least 4 members (excludes halogenated alkanes) is 2. The number of aromatic nitrogens is 1. The lowest BCUT2D eigenvalue weighted by molar-refractivity contribution is 0.459. The van der Waals surface area contributed by atoms with E-state index in [1.54, 1.807) is 6.20 Å². The van der Waals surface area contributed by atoms with Crippen molar-refractivity contribution in [2.45, 2.75) is 19.3 Å². The average molecular weight is 558 g/mol. The highest BCUT2D eigenvalue weighted by atomic mass is 79.9. The Bertz CT molecular complexity index is 1670. The maximum absolute atomic E-state index is 6.15. The van der Waals surface area contributed by atoms with Gasteiger partial charge in [-0.25, -0.2) is 4.98 Å². The van der Waals surface area contributed by atoms with Crippen LogP contribution >= 0.6 is 15.9 Å². The molecule has 0 radical (unpaired) electrons. The van der Waals surface area contributed by atoms with Gasteiger partial charge >= 0.3 is 0 Å². The van der Waals surface area contributed by atoms with Gasteiger partial charge in [0.1, 0.15) is 17.2 Å². The van der Waals surface area contributed by atoms with E-state index in [1.165, 1.54) is 0 Å². The van der Waals surface area contributed by atoms with E-state index < -0.39 is 0 Å². The molecule has 1 heterocycles. The van der Waals surface area contributed by atoms with Crippen molar-refractivity contribution in [2.24, 2.45) is 0 Å². The number of halogens is 1. The van der Waals surface area contributed by atoms with Crippen molar-refractivity contribution in [1.29, 1.82) is 0 Å². The van der Waals surface area contributed by atoms with Crippen LogP contribution in [-0.2, 0) is 0 Å². The van der Waals surface area contributed by atoms with Crippen LogP contribution in [0.2, 0.25) is 0 Å². The Morgan fingerprint density at radius 3 is 2.21 bits per heavy atom. The first kappa shape index (κ1) is 25.2. The topological polar surface area (TPSA) is 31.4 Å². The van der Waals surface area contributed by atoms with E-state index in [4.69, 9.17) is 9.47 Å². The molecule has 4 heteroatoms. The lowest BCUT2D eigenvalue weighted by Gasteiger charge is -2.10. The van der Waals surface area contributed by atoms with Crippen LogP contribution in [-0.4, -0.2) is 4.98 Å². The quantitative estimate of drug-likeness (QED) is 0.154. The molecular weight excluding hydrogens is 534 g/mol. The van der Waals surface area contributed by atoms with Gasteiger partial charge in [0.25, 0.3) is 0 Å². The fourth-order valence-electron chi connectivity index (χ4n) is 3.82. The third kappa shape index (κ3) is 6.43. The van der Waals surface area contributed by atoms with Gasteiger partial charge in [-0.05, 0) is 75.6 Å². The molecule has 0 bridgehead atoms. The summed E-state index contributed by atoms with van der Waals surface area (Å²) < 4.78 is 13.0. The fraction of sp³-hybridized carbons (Fsp3) is 0.0882. The smallest absolute Gasteiger partial charge is 0.235 e. The van der Waals surface area contributed by atoms with Gasteiger partial charge in [0.05, 0.1) is 15.6 Å². The number of pyridine rings is 1. The Hall–Kier alpha value is -4.51. The van der Waals surface area contributed by atoms with E-state index in [9.17, 15) is 0 Å². The highest BCUT2D eigenvalue weighted by molar-refractivity contribution is 9.10. The number of fused-ring (bicyclic) bond motifs is 1. The van der Waals surface area contributed by atoms with Gasteiger partial charge in [-0.15, -0.1) is 0 Å². The Morgan fingerprint density at radius 2 is 1.34 bits per heavy atom. The molecule has 4 aromatic carbocycles. The predicted molar refractivity (Wildman–Crippen MR) is 157 cm³/mol. The zero-order chi connectivity index (χ0) is 26.0. The Kier molecular flexibility index (Phi) is 8.37. The van der Waals surface area contributed by atoms with Gasteiger partial charge in [-0.1, -0.05) is 84.3 Å². The number of ether oxygens (including phenoxy) is 2. The molecule has 38 heavy (non-hydrogen) atoms. The number of hydrogen-bond acceptors (Lipinski definition) is 3. The molecule has 5 aromatic rings. The van der Waals surface area contributed by atoms with Crippen molar-refractivity contribution in [3.63, 3.8) is 0 Å². The van der Waals surface area contributed by atoms with Crippen LogP contribution in [0.5, 0.6) is 23.1 Å². The second kappa shape index (κ2) is 12.6. The Labute approximate surface area is 231 Å². The summed E-state index contributed by atoms with van der Waals surface area (Å²) in [6, 6.07) is 33.5. The first-order valence-corrected chi connectivity index (χ1v) is 13.2. The maximum atomic E-state index is 6.15. The van der Waals surface area contributed by atoms with Gasteiger partial charge in [0, 0.05) is 19.0 Å². The molecule has 0 spiro atoms. The largest absolute Gasteiger partial charge is 0.456 e. The summed E-state index contributed by atoms with van der Waals surface area (Å²) in [6.07, 6.45) is 4.05.